The van der Waals surface area contributed by atoms with Gasteiger partial charge in [0.1, 0.15) is 0 Å². The third-order valence-electron chi connectivity index (χ3n) is 0.508. The summed E-state index contributed by atoms with van der Waals surface area (Å²) in [7, 11) is 0. The van der Waals surface area contributed by atoms with Crippen molar-refractivity contribution in [3.05, 3.63) is 0 Å². The molecule has 0 saturated heterocycles. The molecule has 15 heavy (non-hydrogen) atoms. The van der Waals surface area contributed by atoms with E-state index in [0.29, 0.717) is 0 Å². The molecule has 0 bridgehead atoms. The van der Waals surface area contributed by atoms with E-state index in [1.807, 2.05) is 0 Å². The largest absolute Gasteiger partial charge is 0.528 e. The van der Waals surface area contributed by atoms with Gasteiger partial charge in [0.25, 0.3) is 0 Å². The smallest absolute Gasteiger partial charge is 0.449 e. The van der Waals surface area contributed by atoms with E-state index in [0.717, 1.165) is 0 Å². The summed E-state index contributed by atoms with van der Waals surface area (Å²) in [4.78, 5) is 39.5. The molecule has 9 nitrogen and oxygen atoms in total. The van der Waals surface area contributed by atoms with Crippen molar-refractivity contribution in [1.29, 1.82) is 0 Å². The van der Waals surface area contributed by atoms with Crippen LogP contribution in [-0.2, 0) is 62.4 Å². The molecule has 0 aromatic rings. The molecule has 0 aromatic heterocycles. The second kappa shape index (κ2) is 9.83. The Morgan fingerprint density at radius 1 is 0.733 bits per heavy atom. The van der Waals surface area contributed by atoms with Crippen LogP contribution in [0.25, 0.3) is 0 Å². The minimum Gasteiger partial charge on any atom is -0.449 e. The predicted octanol–water partition coefficient (Wildman–Crippen LogP) is 0.627. The number of carbonyl (C=O) groups is 4. The van der Waals surface area contributed by atoms with E-state index >= 15 is 0 Å². The Morgan fingerprint density at radius 3 is 1.20 bits per heavy atom. The average Bonchev–Trinajstić information content (AvgIpc) is 1.80. The zero-order valence-electron chi connectivity index (χ0n) is 6.70. The Kier molecular flexibility index (Phi) is 13.0. The number of hydrogen-bond acceptors (Lipinski definition) is 7. The molecular formula is C4H2HfO9Ta. The summed E-state index contributed by atoms with van der Waals surface area (Å²) in [5, 5.41) is 15.6. The van der Waals surface area contributed by atoms with Crippen LogP contribution in [0.1, 0.15) is 0 Å². The molecule has 0 aliphatic heterocycles. The minimum absolute atomic E-state index is 0. The van der Waals surface area contributed by atoms with Crippen LogP contribution >= 0.6 is 0 Å². The van der Waals surface area contributed by atoms with E-state index < -0.39 is 24.6 Å². The predicted molar refractivity (Wildman–Crippen MR) is 30.1 cm³/mol. The maximum atomic E-state index is 10.1. The Bertz CT molecular complexity index is 237. The topological polar surface area (TPSA) is 136 Å². The number of hydrogen-bond donors (Lipinski definition) is 2. The number of ether oxygens (including phenoxy) is 3. The van der Waals surface area contributed by atoms with Gasteiger partial charge in [-0.25, -0.2) is 19.2 Å². The van der Waals surface area contributed by atoms with Gasteiger partial charge in [0.05, 0.1) is 0 Å². The van der Waals surface area contributed by atoms with Gasteiger partial charge < -0.3 is 24.4 Å². The van der Waals surface area contributed by atoms with Gasteiger partial charge in [-0.15, -0.1) is 0 Å². The molecule has 0 unspecified atom stereocenters. The average molecular weight is 553 g/mol. The van der Waals surface area contributed by atoms with Crippen molar-refractivity contribution in [2.75, 3.05) is 0 Å². The maximum absolute atomic E-state index is 10.1. The molecule has 0 heterocycles. The SMILES string of the molecule is O=C(O)OC(=O)OC(=O)OC(=O)O.[Hf].[Ta]. The summed E-state index contributed by atoms with van der Waals surface area (Å²) < 4.78 is 9.92. The fraction of sp³-hybridized carbons (Fsp3) is 0. The van der Waals surface area contributed by atoms with Crippen LogP contribution in [0.4, 0.5) is 19.2 Å². The quantitative estimate of drug-likeness (QED) is 0.251. The molecule has 81 valence electrons. The van der Waals surface area contributed by atoms with Crippen molar-refractivity contribution in [1.82, 2.24) is 0 Å². The Labute approximate surface area is 116 Å². The van der Waals surface area contributed by atoms with Gasteiger partial charge in [-0.2, -0.15) is 0 Å². The molecule has 0 spiro atoms. The van der Waals surface area contributed by atoms with E-state index in [-0.39, 0.29) is 48.2 Å². The zero-order chi connectivity index (χ0) is 10.4. The van der Waals surface area contributed by atoms with Crippen molar-refractivity contribution in [2.24, 2.45) is 0 Å². The Balaban J connectivity index is -0.000000720. The van der Waals surface area contributed by atoms with Gasteiger partial charge in [0.2, 0.25) is 0 Å². The van der Waals surface area contributed by atoms with Gasteiger partial charge in [0, 0.05) is 48.2 Å². The van der Waals surface area contributed by atoms with Crippen molar-refractivity contribution in [3.8, 4) is 0 Å². The molecule has 0 aliphatic rings. The molecular weight excluding hydrogens is 551 g/mol. The molecule has 0 amide bonds. The van der Waals surface area contributed by atoms with Crippen LogP contribution in [0.15, 0.2) is 0 Å². The summed E-state index contributed by atoms with van der Waals surface area (Å²) in [6.07, 6.45) is -7.82. The molecule has 0 atom stereocenters. The van der Waals surface area contributed by atoms with E-state index in [2.05, 4.69) is 14.2 Å². The van der Waals surface area contributed by atoms with Crippen LogP contribution in [0, 0.1) is 0 Å². The van der Waals surface area contributed by atoms with Gasteiger partial charge in [-0.05, 0) is 0 Å². The van der Waals surface area contributed by atoms with Crippen LogP contribution in [0.5, 0.6) is 0 Å². The first kappa shape index (κ1) is 19.8. The van der Waals surface area contributed by atoms with Gasteiger partial charge in [0.15, 0.2) is 0 Å². The fourth-order valence-corrected chi connectivity index (χ4v) is 0.252. The third kappa shape index (κ3) is 13.3. The summed E-state index contributed by atoms with van der Waals surface area (Å²) in [5.41, 5.74) is 0. The second-order valence-corrected chi connectivity index (χ2v) is 1.34. The standard InChI is InChI=1S/C4H2O9.Hf.Ta/c5-1(6)11-3(9)13-4(10)12-2(7)8;;/h(H,5,6)(H,7,8);;. The van der Waals surface area contributed by atoms with Crippen LogP contribution < -0.4 is 0 Å². The summed E-state index contributed by atoms with van der Waals surface area (Å²) in [5.74, 6) is 0. The van der Waals surface area contributed by atoms with Gasteiger partial charge in [-0.1, -0.05) is 0 Å². The van der Waals surface area contributed by atoms with Gasteiger partial charge in [-0.3, -0.25) is 0 Å². The Morgan fingerprint density at radius 2 is 1.00 bits per heavy atom. The third-order valence-corrected chi connectivity index (χ3v) is 0.508. The van der Waals surface area contributed by atoms with Crippen molar-refractivity contribution < 1.29 is 91.8 Å². The molecule has 0 saturated carbocycles. The van der Waals surface area contributed by atoms with Crippen molar-refractivity contribution in [2.45, 2.75) is 0 Å². The minimum atomic E-state index is -2.01. The van der Waals surface area contributed by atoms with E-state index in [1.165, 1.54) is 0 Å². The van der Waals surface area contributed by atoms with Crippen molar-refractivity contribution >= 4 is 24.6 Å². The van der Waals surface area contributed by atoms with E-state index in [9.17, 15) is 19.2 Å². The maximum Gasteiger partial charge on any atom is 0.528 e. The molecule has 0 aromatic carbocycles. The molecule has 0 rings (SSSR count). The molecule has 11 heteroatoms. The second-order valence-electron chi connectivity index (χ2n) is 1.34. The van der Waals surface area contributed by atoms with E-state index in [1.54, 1.807) is 0 Å². The molecule has 2 N–H and O–H groups in total. The zero-order valence-corrected chi connectivity index (χ0v) is 13.5. The van der Waals surface area contributed by atoms with Gasteiger partial charge >= 0.3 is 24.6 Å². The first-order valence-corrected chi connectivity index (χ1v) is 2.49. The summed E-state index contributed by atoms with van der Waals surface area (Å²) in [6.45, 7) is 0. The number of rotatable bonds is 0. The fourth-order valence-electron chi connectivity index (χ4n) is 0.252. The number of carboxylic acid groups (broad SMARTS) is 2. The van der Waals surface area contributed by atoms with Crippen LogP contribution in [0.2, 0.25) is 0 Å². The van der Waals surface area contributed by atoms with Crippen LogP contribution in [-0.4, -0.2) is 34.8 Å². The monoisotopic (exact) mass is 555 g/mol. The molecule has 1 radical (unpaired) electrons. The first-order valence-electron chi connectivity index (χ1n) is 2.49. The van der Waals surface area contributed by atoms with Crippen molar-refractivity contribution in [3.63, 3.8) is 0 Å². The normalized spacial score (nSPS) is 7.20. The van der Waals surface area contributed by atoms with Crippen LogP contribution in [0.3, 0.4) is 0 Å². The molecule has 0 fully saturated rings. The summed E-state index contributed by atoms with van der Waals surface area (Å²) in [6, 6.07) is 0. The first-order chi connectivity index (χ1) is 5.91. The molecule has 0 aliphatic carbocycles. The summed E-state index contributed by atoms with van der Waals surface area (Å²) >= 11 is 0. The number of carbonyl (C=O) groups excluding carboxylic acids is 2. The Hall–Kier alpha value is -0.710. The van der Waals surface area contributed by atoms with E-state index in [4.69, 9.17) is 10.2 Å².